The zero-order valence-electron chi connectivity index (χ0n) is 12.7. The van der Waals surface area contributed by atoms with Gasteiger partial charge in [-0.3, -0.25) is 10.1 Å². The van der Waals surface area contributed by atoms with Gasteiger partial charge in [0.25, 0.3) is 5.91 Å². The van der Waals surface area contributed by atoms with Crippen LogP contribution in [0.4, 0.5) is 14.7 Å². The Hall–Kier alpha value is -2.82. The molecule has 0 radical (unpaired) electrons. The van der Waals surface area contributed by atoms with Crippen LogP contribution in [0.25, 0.3) is 0 Å². The molecule has 1 aromatic carbocycles. The van der Waals surface area contributed by atoms with E-state index in [9.17, 15) is 26.8 Å². The Balaban J connectivity index is 1.93. The van der Waals surface area contributed by atoms with Gasteiger partial charge in [0.1, 0.15) is 0 Å². The highest BCUT2D eigenvalue weighted by Gasteiger charge is 2.26. The molecule has 1 aromatic heterocycles. The van der Waals surface area contributed by atoms with E-state index in [2.05, 4.69) is 10.5 Å². The van der Waals surface area contributed by atoms with Crippen LogP contribution in [0, 0.1) is 6.92 Å². The number of halogens is 2. The number of benzene rings is 1. The van der Waals surface area contributed by atoms with Gasteiger partial charge in [-0.15, -0.1) is 0 Å². The Kier molecular flexibility index (Phi) is 5.47. The van der Waals surface area contributed by atoms with Crippen LogP contribution in [0.5, 0.6) is 0 Å². The van der Waals surface area contributed by atoms with Crippen LogP contribution >= 0.6 is 0 Å². The normalized spacial score (nSPS) is 11.4. The van der Waals surface area contributed by atoms with Crippen LogP contribution < -0.4 is 5.32 Å². The van der Waals surface area contributed by atoms with E-state index in [0.717, 1.165) is 24.3 Å². The third kappa shape index (κ3) is 4.59. The van der Waals surface area contributed by atoms with E-state index in [0.29, 0.717) is 5.69 Å². The molecule has 11 heteroatoms. The van der Waals surface area contributed by atoms with Crippen LogP contribution in [0.15, 0.2) is 39.8 Å². The lowest BCUT2D eigenvalue weighted by Gasteiger charge is -2.06. The number of nitrogens with one attached hydrogen (secondary N) is 1. The standard InChI is InChI=1S/C14H12F2N2O6S/c1-8-6-12(24-18-8)17-11(19)7-23-13(20)9-2-4-10(5-3-9)25(21,22)14(15)16/h2-6,14H,7H2,1H3,(H,17,19). The zero-order valence-corrected chi connectivity index (χ0v) is 13.5. The van der Waals surface area contributed by atoms with Gasteiger partial charge in [-0.2, -0.15) is 8.78 Å². The van der Waals surface area contributed by atoms with Crippen molar-refractivity contribution in [3.8, 4) is 0 Å². The molecule has 134 valence electrons. The van der Waals surface area contributed by atoms with Crippen molar-refractivity contribution < 1.29 is 36.0 Å². The summed E-state index contributed by atoms with van der Waals surface area (Å²) in [5.74, 6) is -5.08. The summed E-state index contributed by atoms with van der Waals surface area (Å²) in [5, 5.41) is 5.86. The molecule has 1 amide bonds. The Morgan fingerprint density at radius 3 is 2.44 bits per heavy atom. The van der Waals surface area contributed by atoms with Crippen molar-refractivity contribution >= 4 is 27.6 Å². The molecule has 2 aromatic rings. The number of amides is 1. The van der Waals surface area contributed by atoms with Crippen LogP contribution in [0.2, 0.25) is 0 Å². The van der Waals surface area contributed by atoms with Gasteiger partial charge < -0.3 is 9.26 Å². The van der Waals surface area contributed by atoms with Crippen LogP contribution in [0.1, 0.15) is 16.1 Å². The molecule has 1 heterocycles. The second-order valence-electron chi connectivity index (χ2n) is 4.79. The number of alkyl halides is 2. The molecule has 0 atom stereocenters. The van der Waals surface area contributed by atoms with Crippen LogP contribution in [0.3, 0.4) is 0 Å². The highest BCUT2D eigenvalue weighted by Crippen LogP contribution is 2.19. The second-order valence-corrected chi connectivity index (χ2v) is 6.70. The monoisotopic (exact) mass is 374 g/mol. The predicted molar refractivity (Wildman–Crippen MR) is 79.8 cm³/mol. The molecule has 0 aliphatic rings. The Morgan fingerprint density at radius 2 is 1.92 bits per heavy atom. The van der Waals surface area contributed by atoms with Crippen molar-refractivity contribution in [2.45, 2.75) is 17.6 Å². The van der Waals surface area contributed by atoms with Gasteiger partial charge in [0.05, 0.1) is 16.2 Å². The fourth-order valence-electron chi connectivity index (χ4n) is 1.69. The summed E-state index contributed by atoms with van der Waals surface area (Å²) >= 11 is 0. The molecule has 1 N–H and O–H groups in total. The maximum atomic E-state index is 12.4. The van der Waals surface area contributed by atoms with Crippen molar-refractivity contribution in [1.82, 2.24) is 5.16 Å². The second kappa shape index (κ2) is 7.38. The van der Waals surface area contributed by atoms with Gasteiger partial charge in [0.15, 0.2) is 6.61 Å². The number of carbonyl (C=O) groups is 2. The first kappa shape index (κ1) is 18.5. The molecular formula is C14H12F2N2O6S. The van der Waals surface area contributed by atoms with Gasteiger partial charge >= 0.3 is 11.7 Å². The molecule has 25 heavy (non-hydrogen) atoms. The summed E-state index contributed by atoms with van der Waals surface area (Å²) in [6.45, 7) is 1.02. The summed E-state index contributed by atoms with van der Waals surface area (Å²) in [4.78, 5) is 22.7. The largest absolute Gasteiger partial charge is 0.452 e. The molecule has 0 aliphatic carbocycles. The van der Waals surface area contributed by atoms with E-state index < -0.39 is 39.0 Å². The molecule has 0 saturated carbocycles. The van der Waals surface area contributed by atoms with E-state index in [1.165, 1.54) is 6.07 Å². The van der Waals surface area contributed by atoms with Gasteiger partial charge in [-0.25, -0.2) is 13.2 Å². The molecule has 0 unspecified atom stereocenters. The SMILES string of the molecule is Cc1cc(NC(=O)COC(=O)c2ccc(S(=O)(=O)C(F)F)cc2)on1. The minimum atomic E-state index is -4.74. The lowest BCUT2D eigenvalue weighted by Crippen LogP contribution is -2.20. The van der Waals surface area contributed by atoms with Gasteiger partial charge in [0, 0.05) is 6.07 Å². The predicted octanol–water partition coefficient (Wildman–Crippen LogP) is 1.77. The molecule has 0 fully saturated rings. The van der Waals surface area contributed by atoms with Crippen molar-refractivity contribution in [2.75, 3.05) is 11.9 Å². The van der Waals surface area contributed by atoms with E-state index in [-0.39, 0.29) is 11.4 Å². The Bertz CT molecular complexity index is 877. The zero-order chi connectivity index (χ0) is 18.6. The van der Waals surface area contributed by atoms with Crippen molar-refractivity contribution in [1.29, 1.82) is 0 Å². The fraction of sp³-hybridized carbons (Fsp3) is 0.214. The molecule has 2 rings (SSSR count). The van der Waals surface area contributed by atoms with E-state index >= 15 is 0 Å². The highest BCUT2D eigenvalue weighted by atomic mass is 32.2. The number of hydrogen-bond acceptors (Lipinski definition) is 7. The average Bonchev–Trinajstić information content (AvgIpc) is 2.97. The van der Waals surface area contributed by atoms with Gasteiger partial charge in [-0.1, -0.05) is 5.16 Å². The van der Waals surface area contributed by atoms with Crippen molar-refractivity contribution in [2.24, 2.45) is 0 Å². The molecule has 0 bridgehead atoms. The number of esters is 1. The maximum Gasteiger partial charge on any atom is 0.341 e. The third-order valence-electron chi connectivity index (χ3n) is 2.88. The average molecular weight is 374 g/mol. The molecule has 0 saturated heterocycles. The van der Waals surface area contributed by atoms with Crippen molar-refractivity contribution in [3.63, 3.8) is 0 Å². The number of carbonyl (C=O) groups excluding carboxylic acids is 2. The number of nitrogens with zero attached hydrogens (tertiary/aromatic N) is 1. The number of rotatable bonds is 6. The summed E-state index contributed by atoms with van der Waals surface area (Å²) in [5.41, 5.74) is 0.447. The number of aryl methyl sites for hydroxylation is 1. The van der Waals surface area contributed by atoms with Gasteiger partial charge in [0.2, 0.25) is 15.7 Å². The topological polar surface area (TPSA) is 116 Å². The van der Waals surface area contributed by atoms with E-state index in [1.54, 1.807) is 6.92 Å². The molecule has 0 spiro atoms. The van der Waals surface area contributed by atoms with Crippen LogP contribution in [-0.2, 0) is 19.4 Å². The number of ether oxygens (including phenoxy) is 1. The number of sulfone groups is 1. The summed E-state index contributed by atoms with van der Waals surface area (Å²) in [6, 6.07) is 5.19. The minimum absolute atomic E-state index is 0.0834. The smallest absolute Gasteiger partial charge is 0.341 e. The third-order valence-corrected chi connectivity index (χ3v) is 4.28. The lowest BCUT2D eigenvalue weighted by molar-refractivity contribution is -0.119. The van der Waals surface area contributed by atoms with E-state index in [1.807, 2.05) is 0 Å². The first-order chi connectivity index (χ1) is 11.7. The summed E-state index contributed by atoms with van der Waals surface area (Å²) < 4.78 is 56.8. The molecule has 8 nitrogen and oxygen atoms in total. The number of anilines is 1. The lowest BCUT2D eigenvalue weighted by atomic mass is 10.2. The minimum Gasteiger partial charge on any atom is -0.452 e. The maximum absolute atomic E-state index is 12.4. The summed E-state index contributed by atoms with van der Waals surface area (Å²) in [7, 11) is -4.74. The Morgan fingerprint density at radius 1 is 1.28 bits per heavy atom. The van der Waals surface area contributed by atoms with Crippen LogP contribution in [-0.4, -0.2) is 37.8 Å². The summed E-state index contributed by atoms with van der Waals surface area (Å²) in [6.07, 6.45) is 0. The highest BCUT2D eigenvalue weighted by molar-refractivity contribution is 7.91. The first-order valence-electron chi connectivity index (χ1n) is 6.72. The first-order valence-corrected chi connectivity index (χ1v) is 8.27. The molecule has 0 aliphatic heterocycles. The molecular weight excluding hydrogens is 362 g/mol. The number of hydrogen-bond donors (Lipinski definition) is 1. The van der Waals surface area contributed by atoms with E-state index in [4.69, 9.17) is 9.26 Å². The quantitative estimate of drug-likeness (QED) is 0.766. The number of aromatic nitrogens is 1. The fourth-order valence-corrected chi connectivity index (χ4v) is 2.42. The Labute approximate surface area is 140 Å². The van der Waals surface area contributed by atoms with Crippen molar-refractivity contribution in [3.05, 3.63) is 41.6 Å². The van der Waals surface area contributed by atoms with Gasteiger partial charge in [-0.05, 0) is 31.2 Å².